The van der Waals surface area contributed by atoms with Crippen molar-refractivity contribution in [2.45, 2.75) is 26.2 Å². The van der Waals surface area contributed by atoms with Crippen LogP contribution in [0.1, 0.15) is 49.8 Å². The Balaban J connectivity index is 1.47. The van der Waals surface area contributed by atoms with Gasteiger partial charge in [0, 0.05) is 36.1 Å². The third-order valence-electron chi connectivity index (χ3n) is 5.19. The van der Waals surface area contributed by atoms with Crippen molar-refractivity contribution >= 4 is 28.8 Å². The molecule has 1 aromatic heterocycles. The Morgan fingerprint density at radius 3 is 2.59 bits per heavy atom. The van der Waals surface area contributed by atoms with E-state index in [9.17, 15) is 9.59 Å². The van der Waals surface area contributed by atoms with Gasteiger partial charge in [-0.25, -0.2) is 4.98 Å². The van der Waals surface area contributed by atoms with Gasteiger partial charge in [-0.3, -0.25) is 9.59 Å². The molecule has 1 fully saturated rings. The highest BCUT2D eigenvalue weighted by Gasteiger charge is 2.22. The minimum atomic E-state index is -0.255. The number of likely N-dealkylation sites (tertiary alicyclic amines) is 1. The first-order valence-corrected chi connectivity index (χ1v) is 10.7. The van der Waals surface area contributed by atoms with E-state index in [0.717, 1.165) is 42.1 Å². The lowest BCUT2D eigenvalue weighted by Gasteiger charge is -2.18. The molecule has 1 N–H and O–H groups in total. The number of benzene rings is 2. The van der Waals surface area contributed by atoms with Gasteiger partial charge in [0.1, 0.15) is 5.69 Å². The molecular formula is C23H23N3O2S. The Labute approximate surface area is 174 Å². The summed E-state index contributed by atoms with van der Waals surface area (Å²) in [6.07, 6.45) is 2.81. The van der Waals surface area contributed by atoms with Gasteiger partial charge in [-0.2, -0.15) is 0 Å². The second-order valence-corrected chi connectivity index (χ2v) is 8.16. The lowest BCUT2D eigenvalue weighted by molar-refractivity contribution is 0.0791. The van der Waals surface area contributed by atoms with Crippen molar-refractivity contribution in [3.05, 3.63) is 81.3 Å². The summed E-state index contributed by atoms with van der Waals surface area (Å²) in [5.74, 6) is -0.218. The van der Waals surface area contributed by atoms with Crippen LogP contribution >= 0.6 is 11.3 Å². The van der Waals surface area contributed by atoms with Crippen molar-refractivity contribution < 1.29 is 9.59 Å². The van der Waals surface area contributed by atoms with Gasteiger partial charge in [0.15, 0.2) is 0 Å². The van der Waals surface area contributed by atoms with Crippen LogP contribution in [-0.4, -0.2) is 34.8 Å². The van der Waals surface area contributed by atoms with Crippen LogP contribution in [0.5, 0.6) is 0 Å². The Bertz CT molecular complexity index is 1020. The van der Waals surface area contributed by atoms with Crippen LogP contribution in [0.4, 0.5) is 5.69 Å². The van der Waals surface area contributed by atoms with E-state index in [2.05, 4.69) is 10.3 Å². The van der Waals surface area contributed by atoms with E-state index in [1.165, 1.54) is 11.3 Å². The normalized spacial score (nSPS) is 13.5. The lowest BCUT2D eigenvalue weighted by Crippen LogP contribution is -2.28. The van der Waals surface area contributed by atoms with Crippen LogP contribution in [0, 0.1) is 6.92 Å². The van der Waals surface area contributed by atoms with Crippen LogP contribution in [0.15, 0.2) is 53.9 Å². The number of carbonyl (C=O) groups is 2. The molecule has 0 unspecified atom stereocenters. The second-order valence-electron chi connectivity index (χ2n) is 7.22. The standard InChI is InChI=1S/C23H23N3O2S/c1-16-18(23(28)26-12-5-6-13-26)10-7-11-19(16)25-22(27)20-15-29-21(24-20)14-17-8-3-2-4-9-17/h2-4,7-11,15H,5-6,12-14H2,1H3,(H,25,27). The molecule has 29 heavy (non-hydrogen) atoms. The number of thiazole rings is 1. The minimum absolute atomic E-state index is 0.0369. The largest absolute Gasteiger partial charge is 0.339 e. The maximum absolute atomic E-state index is 12.8. The summed E-state index contributed by atoms with van der Waals surface area (Å²) >= 11 is 1.48. The van der Waals surface area contributed by atoms with Crippen LogP contribution in [-0.2, 0) is 6.42 Å². The molecule has 0 radical (unpaired) electrons. The molecule has 0 spiro atoms. The van der Waals surface area contributed by atoms with E-state index >= 15 is 0 Å². The van der Waals surface area contributed by atoms with Gasteiger partial charge in [0.2, 0.25) is 0 Å². The number of aromatic nitrogens is 1. The number of anilines is 1. The topological polar surface area (TPSA) is 62.3 Å². The fourth-order valence-corrected chi connectivity index (χ4v) is 4.35. The molecule has 6 heteroatoms. The quantitative estimate of drug-likeness (QED) is 0.678. The summed E-state index contributed by atoms with van der Waals surface area (Å²) in [5, 5.41) is 5.60. The van der Waals surface area contributed by atoms with Crippen LogP contribution in [0.3, 0.4) is 0 Å². The molecule has 0 atom stereocenters. The van der Waals surface area contributed by atoms with E-state index in [4.69, 9.17) is 0 Å². The predicted octanol–water partition coefficient (Wildman–Crippen LogP) is 4.53. The predicted molar refractivity (Wildman–Crippen MR) is 116 cm³/mol. The summed E-state index contributed by atoms with van der Waals surface area (Å²) < 4.78 is 0. The van der Waals surface area contributed by atoms with Crippen molar-refractivity contribution in [1.82, 2.24) is 9.88 Å². The van der Waals surface area contributed by atoms with Crippen LogP contribution < -0.4 is 5.32 Å². The molecule has 0 aliphatic carbocycles. The molecule has 1 saturated heterocycles. The molecule has 2 heterocycles. The summed E-state index contributed by atoms with van der Waals surface area (Å²) in [4.78, 5) is 31.8. The molecule has 5 nitrogen and oxygen atoms in total. The fraction of sp³-hybridized carbons (Fsp3) is 0.261. The molecule has 0 bridgehead atoms. The van der Waals surface area contributed by atoms with Gasteiger partial charge >= 0.3 is 0 Å². The first kappa shape index (κ1) is 19.3. The van der Waals surface area contributed by atoms with Crippen molar-refractivity contribution in [1.29, 1.82) is 0 Å². The molecular weight excluding hydrogens is 382 g/mol. The summed E-state index contributed by atoms with van der Waals surface area (Å²) in [6.45, 7) is 3.48. The monoisotopic (exact) mass is 405 g/mol. The number of nitrogens with zero attached hydrogens (tertiary/aromatic N) is 2. The molecule has 0 saturated carbocycles. The maximum atomic E-state index is 12.8. The molecule has 1 aliphatic rings. The van der Waals surface area contributed by atoms with Crippen LogP contribution in [0.2, 0.25) is 0 Å². The number of amides is 2. The Morgan fingerprint density at radius 2 is 1.83 bits per heavy atom. The minimum Gasteiger partial charge on any atom is -0.339 e. The fourth-order valence-electron chi connectivity index (χ4n) is 3.55. The molecule has 2 aromatic carbocycles. The van der Waals surface area contributed by atoms with Crippen molar-refractivity contribution in [2.75, 3.05) is 18.4 Å². The van der Waals surface area contributed by atoms with Gasteiger partial charge < -0.3 is 10.2 Å². The Kier molecular flexibility index (Phi) is 5.71. The third-order valence-corrected chi connectivity index (χ3v) is 6.04. The Morgan fingerprint density at radius 1 is 1.07 bits per heavy atom. The smallest absolute Gasteiger partial charge is 0.275 e. The van der Waals surface area contributed by atoms with Crippen molar-refractivity contribution in [3.8, 4) is 0 Å². The van der Waals surface area contributed by atoms with E-state index in [-0.39, 0.29) is 11.8 Å². The molecule has 148 valence electrons. The number of carbonyl (C=O) groups excluding carboxylic acids is 2. The van der Waals surface area contributed by atoms with Gasteiger partial charge in [-0.05, 0) is 43.0 Å². The first-order chi connectivity index (χ1) is 14.1. The highest BCUT2D eigenvalue weighted by atomic mass is 32.1. The highest BCUT2D eigenvalue weighted by Crippen LogP contribution is 2.23. The van der Waals surface area contributed by atoms with Crippen molar-refractivity contribution in [3.63, 3.8) is 0 Å². The first-order valence-electron chi connectivity index (χ1n) is 9.80. The number of nitrogens with one attached hydrogen (secondary N) is 1. The molecule has 2 amide bonds. The zero-order valence-electron chi connectivity index (χ0n) is 16.4. The highest BCUT2D eigenvalue weighted by molar-refractivity contribution is 7.09. The zero-order chi connectivity index (χ0) is 20.2. The SMILES string of the molecule is Cc1c(NC(=O)c2csc(Cc3ccccc3)n2)cccc1C(=O)N1CCCC1. The molecule has 1 aliphatic heterocycles. The zero-order valence-corrected chi connectivity index (χ0v) is 17.2. The van der Waals surface area contributed by atoms with Crippen LogP contribution in [0.25, 0.3) is 0 Å². The maximum Gasteiger partial charge on any atom is 0.275 e. The molecule has 4 rings (SSSR count). The lowest BCUT2D eigenvalue weighted by atomic mass is 10.1. The molecule has 3 aromatic rings. The average molecular weight is 406 g/mol. The van der Waals surface area contributed by atoms with E-state index < -0.39 is 0 Å². The van der Waals surface area contributed by atoms with E-state index in [1.54, 1.807) is 5.38 Å². The second kappa shape index (κ2) is 8.57. The van der Waals surface area contributed by atoms with E-state index in [1.807, 2.05) is 60.4 Å². The van der Waals surface area contributed by atoms with Gasteiger partial charge in [-0.1, -0.05) is 36.4 Å². The summed E-state index contributed by atoms with van der Waals surface area (Å²) in [6, 6.07) is 15.5. The Hall–Kier alpha value is -2.99. The summed E-state index contributed by atoms with van der Waals surface area (Å²) in [5.41, 5.74) is 3.65. The van der Waals surface area contributed by atoms with E-state index in [0.29, 0.717) is 23.4 Å². The number of rotatable bonds is 5. The average Bonchev–Trinajstić information content (AvgIpc) is 3.42. The van der Waals surface area contributed by atoms with Gasteiger partial charge in [0.25, 0.3) is 11.8 Å². The van der Waals surface area contributed by atoms with Gasteiger partial charge in [-0.15, -0.1) is 11.3 Å². The summed E-state index contributed by atoms with van der Waals surface area (Å²) in [7, 11) is 0. The number of hydrogen-bond donors (Lipinski definition) is 1. The van der Waals surface area contributed by atoms with Crippen molar-refractivity contribution in [2.24, 2.45) is 0 Å². The van der Waals surface area contributed by atoms with Gasteiger partial charge in [0.05, 0.1) is 5.01 Å². The third kappa shape index (κ3) is 4.38. The number of hydrogen-bond acceptors (Lipinski definition) is 4.